The Morgan fingerprint density at radius 1 is 1.08 bits per heavy atom. The van der Waals surface area contributed by atoms with Crippen molar-refractivity contribution in [3.63, 3.8) is 0 Å². The van der Waals surface area contributed by atoms with E-state index in [4.69, 9.17) is 26.1 Å². The van der Waals surface area contributed by atoms with Crippen LogP contribution in [0.3, 0.4) is 0 Å². The number of carbonyl (C=O) groups is 1. The van der Waals surface area contributed by atoms with Crippen LogP contribution in [0, 0.1) is 6.92 Å². The number of aromatic nitrogens is 1. The lowest BCUT2D eigenvalue weighted by atomic mass is 10.2. The molecule has 0 radical (unpaired) electrons. The number of esters is 1. The summed E-state index contributed by atoms with van der Waals surface area (Å²) >= 11 is 0. The molecule has 0 aliphatic rings. The molecule has 0 spiro atoms. The summed E-state index contributed by atoms with van der Waals surface area (Å²) in [5.74, 6) is -0.692. The van der Waals surface area contributed by atoms with Gasteiger partial charge >= 0.3 is 5.97 Å². The second kappa shape index (κ2) is 7.59. The van der Waals surface area contributed by atoms with Gasteiger partial charge in [-0.25, -0.2) is 21.6 Å². The van der Waals surface area contributed by atoms with E-state index in [1.54, 1.807) is 6.92 Å². The van der Waals surface area contributed by atoms with Crippen molar-refractivity contribution in [1.29, 1.82) is 0 Å². The van der Waals surface area contributed by atoms with Crippen molar-refractivity contribution in [2.24, 2.45) is 0 Å². The monoisotopic (exact) mass is 439 g/mol. The zero-order valence-electron chi connectivity index (χ0n) is 13.8. The van der Waals surface area contributed by atoms with Crippen LogP contribution in [0.25, 0.3) is 0 Å². The maximum atomic E-state index is 12.2. The molecular weight excluding hydrogens is 425 g/mol. The van der Waals surface area contributed by atoms with E-state index in [2.05, 4.69) is 0 Å². The predicted molar refractivity (Wildman–Crippen MR) is 96.7 cm³/mol. The summed E-state index contributed by atoms with van der Waals surface area (Å²) in [7, 11) is 2.80. The Hall–Kier alpha value is -1.55. The van der Waals surface area contributed by atoms with Crippen molar-refractivity contribution >= 4 is 45.4 Å². The standard InChI is InChI=1S/C15H15Cl2NO6S2/c1-3-24-15(19)13-8-14(26(17,22)23)10(2)18(13)9-11-4-6-12(7-5-11)25(16,20)21/h4-8H,3,9H2,1-2H3. The number of rotatable bonds is 6. The molecule has 1 aromatic carbocycles. The average molecular weight is 440 g/mol. The van der Waals surface area contributed by atoms with Crippen LogP contribution < -0.4 is 0 Å². The molecule has 0 saturated heterocycles. The predicted octanol–water partition coefficient (Wildman–Crippen LogP) is 2.88. The van der Waals surface area contributed by atoms with Gasteiger partial charge in [-0.3, -0.25) is 0 Å². The van der Waals surface area contributed by atoms with Crippen LogP contribution in [0.5, 0.6) is 0 Å². The number of carbonyl (C=O) groups excluding carboxylic acids is 1. The van der Waals surface area contributed by atoms with E-state index >= 15 is 0 Å². The molecule has 0 amide bonds. The molecular formula is C15H15Cl2NO6S2. The number of ether oxygens (including phenoxy) is 1. The van der Waals surface area contributed by atoms with Gasteiger partial charge < -0.3 is 9.30 Å². The third-order valence-corrected chi connectivity index (χ3v) is 6.42. The van der Waals surface area contributed by atoms with Crippen molar-refractivity contribution in [2.75, 3.05) is 6.61 Å². The molecule has 1 aromatic heterocycles. The van der Waals surface area contributed by atoms with Gasteiger partial charge in [0.1, 0.15) is 10.6 Å². The minimum Gasteiger partial charge on any atom is -0.461 e. The molecule has 0 unspecified atom stereocenters. The quantitative estimate of drug-likeness (QED) is 0.506. The number of halogens is 2. The van der Waals surface area contributed by atoms with Crippen molar-refractivity contribution < 1.29 is 26.4 Å². The highest BCUT2D eigenvalue weighted by Crippen LogP contribution is 2.26. The minimum atomic E-state index is -4.06. The van der Waals surface area contributed by atoms with Crippen LogP contribution in [0.15, 0.2) is 40.1 Å². The molecule has 0 aliphatic heterocycles. The van der Waals surface area contributed by atoms with Crippen LogP contribution in [0.1, 0.15) is 28.7 Å². The number of hydrogen-bond donors (Lipinski definition) is 0. The smallest absolute Gasteiger partial charge is 0.354 e. The Morgan fingerprint density at radius 3 is 2.12 bits per heavy atom. The van der Waals surface area contributed by atoms with Crippen molar-refractivity contribution in [2.45, 2.75) is 30.2 Å². The highest BCUT2D eigenvalue weighted by molar-refractivity contribution is 8.14. The molecule has 7 nitrogen and oxygen atoms in total. The van der Waals surface area contributed by atoms with E-state index < -0.39 is 24.1 Å². The lowest BCUT2D eigenvalue weighted by Gasteiger charge is -2.11. The van der Waals surface area contributed by atoms with Crippen molar-refractivity contribution in [3.05, 3.63) is 47.3 Å². The van der Waals surface area contributed by atoms with E-state index in [9.17, 15) is 21.6 Å². The summed E-state index contributed by atoms with van der Waals surface area (Å²) in [6.45, 7) is 3.36. The number of benzene rings is 1. The lowest BCUT2D eigenvalue weighted by molar-refractivity contribution is 0.0514. The fourth-order valence-electron chi connectivity index (χ4n) is 2.38. The fourth-order valence-corrected chi connectivity index (χ4v) is 4.34. The topological polar surface area (TPSA) is 99.5 Å². The van der Waals surface area contributed by atoms with Gasteiger partial charge in [-0.15, -0.1) is 0 Å². The maximum absolute atomic E-state index is 12.2. The first-order valence-corrected chi connectivity index (χ1v) is 11.9. The van der Waals surface area contributed by atoms with E-state index in [1.165, 1.54) is 35.8 Å². The molecule has 0 bridgehead atoms. The highest BCUT2D eigenvalue weighted by atomic mass is 35.7. The Bertz CT molecular complexity index is 1040. The zero-order chi connectivity index (χ0) is 19.7. The summed E-state index contributed by atoms with van der Waals surface area (Å²) in [4.78, 5) is 11.9. The van der Waals surface area contributed by atoms with E-state index in [-0.39, 0.29) is 34.3 Å². The van der Waals surface area contributed by atoms with Crippen LogP contribution in [0.2, 0.25) is 0 Å². The highest BCUT2D eigenvalue weighted by Gasteiger charge is 2.25. The maximum Gasteiger partial charge on any atom is 0.354 e. The van der Waals surface area contributed by atoms with Crippen molar-refractivity contribution in [1.82, 2.24) is 4.57 Å². The SMILES string of the molecule is CCOC(=O)c1cc(S(=O)(=O)Cl)c(C)n1Cc1ccc(S(=O)(=O)Cl)cc1. The Labute approximate surface area is 160 Å². The summed E-state index contributed by atoms with van der Waals surface area (Å²) in [5.41, 5.74) is 0.909. The zero-order valence-corrected chi connectivity index (χ0v) is 16.9. The number of nitrogens with zero attached hydrogens (tertiary/aromatic N) is 1. The Morgan fingerprint density at radius 2 is 1.65 bits per heavy atom. The van der Waals surface area contributed by atoms with Gasteiger partial charge in [0.2, 0.25) is 0 Å². The molecule has 11 heteroatoms. The molecule has 0 aliphatic carbocycles. The average Bonchev–Trinajstić information content (AvgIpc) is 2.84. The molecule has 1 heterocycles. The van der Waals surface area contributed by atoms with Crippen molar-refractivity contribution in [3.8, 4) is 0 Å². The molecule has 2 aromatic rings. The van der Waals surface area contributed by atoms with Gasteiger partial charge in [-0.2, -0.15) is 0 Å². The first kappa shape index (κ1) is 20.8. The minimum absolute atomic E-state index is 0.0256. The van der Waals surface area contributed by atoms with E-state index in [0.29, 0.717) is 5.56 Å². The largest absolute Gasteiger partial charge is 0.461 e. The van der Waals surface area contributed by atoms with E-state index in [0.717, 1.165) is 6.07 Å². The molecule has 0 fully saturated rings. The molecule has 0 atom stereocenters. The summed E-state index contributed by atoms with van der Waals surface area (Å²) in [6.07, 6.45) is 0. The Balaban J connectivity index is 2.50. The summed E-state index contributed by atoms with van der Waals surface area (Å²) < 4.78 is 52.5. The second-order valence-corrected chi connectivity index (χ2v) is 10.4. The van der Waals surface area contributed by atoms with E-state index in [1.807, 2.05) is 0 Å². The fraction of sp³-hybridized carbons (Fsp3) is 0.267. The first-order chi connectivity index (χ1) is 11.9. The Kier molecular flexibility index (Phi) is 6.06. The summed E-state index contributed by atoms with van der Waals surface area (Å²) in [5, 5.41) is 0. The third kappa shape index (κ3) is 4.59. The molecule has 0 N–H and O–H groups in total. The molecule has 26 heavy (non-hydrogen) atoms. The van der Waals surface area contributed by atoms with Crippen LogP contribution in [-0.4, -0.2) is 34.0 Å². The van der Waals surface area contributed by atoms with Gasteiger partial charge in [0, 0.05) is 33.6 Å². The van der Waals surface area contributed by atoms with Gasteiger partial charge in [-0.05, 0) is 37.6 Å². The second-order valence-electron chi connectivity index (χ2n) is 5.31. The van der Waals surface area contributed by atoms with Gasteiger partial charge in [0.05, 0.1) is 11.5 Å². The van der Waals surface area contributed by atoms with Crippen LogP contribution >= 0.6 is 21.4 Å². The lowest BCUT2D eigenvalue weighted by Crippen LogP contribution is -2.14. The third-order valence-electron chi connectivity index (χ3n) is 3.61. The van der Waals surface area contributed by atoms with Gasteiger partial charge in [0.25, 0.3) is 18.1 Å². The van der Waals surface area contributed by atoms with Gasteiger partial charge in [0.15, 0.2) is 0 Å². The first-order valence-electron chi connectivity index (χ1n) is 7.30. The van der Waals surface area contributed by atoms with Crippen LogP contribution in [0.4, 0.5) is 0 Å². The van der Waals surface area contributed by atoms with Crippen LogP contribution in [-0.2, 0) is 29.4 Å². The summed E-state index contributed by atoms with van der Waals surface area (Å²) in [6, 6.07) is 6.82. The molecule has 142 valence electrons. The normalized spacial score (nSPS) is 12.2. The number of hydrogen-bond acceptors (Lipinski definition) is 6. The molecule has 2 rings (SSSR count). The van der Waals surface area contributed by atoms with Gasteiger partial charge in [-0.1, -0.05) is 12.1 Å². The molecule has 0 saturated carbocycles.